The van der Waals surface area contributed by atoms with Crippen LogP contribution in [0.25, 0.3) is 5.65 Å². The maximum Gasteiger partial charge on any atom is 0.287 e. The first-order valence-electron chi connectivity index (χ1n) is 5.20. The molecule has 0 bridgehead atoms. The molecule has 3 rings (SSSR count). The van der Waals surface area contributed by atoms with Crippen molar-refractivity contribution in [3.05, 3.63) is 40.3 Å². The van der Waals surface area contributed by atoms with E-state index in [-0.39, 0.29) is 5.56 Å². The molecule has 0 saturated heterocycles. The molecule has 0 spiro atoms. The van der Waals surface area contributed by atoms with E-state index >= 15 is 0 Å². The van der Waals surface area contributed by atoms with E-state index in [9.17, 15) is 4.79 Å². The van der Waals surface area contributed by atoms with Crippen molar-refractivity contribution in [2.75, 3.05) is 0 Å². The van der Waals surface area contributed by atoms with Gasteiger partial charge in [-0.2, -0.15) is 5.10 Å². The van der Waals surface area contributed by atoms with Crippen LogP contribution in [-0.4, -0.2) is 24.7 Å². The molecule has 3 heterocycles. The second-order valence-electron chi connectivity index (χ2n) is 3.66. The highest BCUT2D eigenvalue weighted by atomic mass is 32.2. The number of nitrogens with one attached hydrogen (secondary N) is 1. The van der Waals surface area contributed by atoms with Gasteiger partial charge in [0.05, 0.1) is 5.69 Å². The molecule has 0 aliphatic rings. The summed E-state index contributed by atoms with van der Waals surface area (Å²) in [5, 5.41) is 7.18. The van der Waals surface area contributed by atoms with Crippen LogP contribution < -0.4 is 5.56 Å². The lowest BCUT2D eigenvalue weighted by molar-refractivity contribution is 0.344. The minimum atomic E-state index is -0.221. The second-order valence-corrected chi connectivity index (χ2v) is 4.63. The molecule has 0 radical (unpaired) electrons. The number of thioether (sulfide) groups is 1. The summed E-state index contributed by atoms with van der Waals surface area (Å²) in [6.45, 7) is 1.77. The zero-order valence-electron chi connectivity index (χ0n) is 9.45. The van der Waals surface area contributed by atoms with Gasteiger partial charge >= 0.3 is 0 Å². The van der Waals surface area contributed by atoms with E-state index < -0.39 is 0 Å². The third kappa shape index (κ3) is 2.02. The van der Waals surface area contributed by atoms with E-state index in [0.717, 1.165) is 0 Å². The molecule has 0 aliphatic heterocycles. The summed E-state index contributed by atoms with van der Waals surface area (Å²) >= 11 is 1.43. The number of aryl methyl sites for hydroxylation is 1. The first kappa shape index (κ1) is 11.0. The van der Waals surface area contributed by atoms with Gasteiger partial charge in [0, 0.05) is 17.9 Å². The van der Waals surface area contributed by atoms with Gasteiger partial charge in [0.25, 0.3) is 5.56 Å². The van der Waals surface area contributed by atoms with Gasteiger partial charge in [-0.3, -0.25) is 9.89 Å². The fourth-order valence-corrected chi connectivity index (χ4v) is 2.23. The molecule has 0 unspecified atom stereocenters. The van der Waals surface area contributed by atoms with Crippen LogP contribution in [0.4, 0.5) is 0 Å². The largest absolute Gasteiger partial charge is 0.375 e. The highest BCUT2D eigenvalue weighted by Crippen LogP contribution is 2.16. The SMILES string of the molecule is Cc1cc2nc(CSc3ncn[nH]3)cc(=O)n2o1. The smallest absolute Gasteiger partial charge is 0.287 e. The van der Waals surface area contributed by atoms with E-state index in [1.807, 2.05) is 0 Å². The quantitative estimate of drug-likeness (QED) is 0.709. The van der Waals surface area contributed by atoms with E-state index in [2.05, 4.69) is 20.2 Å². The lowest BCUT2D eigenvalue weighted by atomic mass is 10.4. The Balaban J connectivity index is 1.90. The van der Waals surface area contributed by atoms with Crippen molar-refractivity contribution in [2.24, 2.45) is 0 Å². The molecule has 0 aromatic carbocycles. The van der Waals surface area contributed by atoms with Crippen LogP contribution in [0.3, 0.4) is 0 Å². The van der Waals surface area contributed by atoms with Gasteiger partial charge in [-0.15, -0.1) is 4.57 Å². The minimum Gasteiger partial charge on any atom is -0.375 e. The Bertz CT molecular complexity index is 730. The monoisotopic (exact) mass is 263 g/mol. The highest BCUT2D eigenvalue weighted by molar-refractivity contribution is 7.98. The van der Waals surface area contributed by atoms with Gasteiger partial charge < -0.3 is 4.52 Å². The number of aromatic amines is 1. The van der Waals surface area contributed by atoms with Crippen LogP contribution in [0, 0.1) is 6.92 Å². The molecule has 3 aromatic heterocycles. The third-order valence-corrected chi connectivity index (χ3v) is 3.18. The average molecular weight is 263 g/mol. The molecule has 0 amide bonds. The average Bonchev–Trinajstić information content (AvgIpc) is 2.94. The van der Waals surface area contributed by atoms with Crippen LogP contribution in [0.5, 0.6) is 0 Å². The van der Waals surface area contributed by atoms with Crippen molar-refractivity contribution >= 4 is 17.4 Å². The lowest BCUT2D eigenvalue weighted by Gasteiger charge is -1.98. The summed E-state index contributed by atoms with van der Waals surface area (Å²) in [5.74, 6) is 1.20. The zero-order valence-corrected chi connectivity index (χ0v) is 10.3. The molecule has 0 saturated carbocycles. The van der Waals surface area contributed by atoms with Gasteiger partial charge in [-0.05, 0) is 6.92 Å². The van der Waals surface area contributed by atoms with Crippen molar-refractivity contribution in [2.45, 2.75) is 17.8 Å². The van der Waals surface area contributed by atoms with Crippen molar-refractivity contribution in [1.82, 2.24) is 24.7 Å². The predicted octanol–water partition coefficient (Wildman–Crippen LogP) is 1.01. The molecular formula is C10H9N5O2S. The minimum absolute atomic E-state index is 0.221. The summed E-state index contributed by atoms with van der Waals surface area (Å²) in [5.41, 5.74) is 0.983. The van der Waals surface area contributed by atoms with Crippen molar-refractivity contribution in [3.8, 4) is 0 Å². The topological polar surface area (TPSA) is 89.1 Å². The molecule has 3 aromatic rings. The Morgan fingerprint density at radius 1 is 1.50 bits per heavy atom. The summed E-state index contributed by atoms with van der Waals surface area (Å²) in [7, 11) is 0. The number of rotatable bonds is 3. The third-order valence-electron chi connectivity index (χ3n) is 2.27. The van der Waals surface area contributed by atoms with Crippen molar-refractivity contribution < 1.29 is 4.52 Å². The number of fused-ring (bicyclic) bond motifs is 1. The van der Waals surface area contributed by atoms with Gasteiger partial charge in [0.15, 0.2) is 10.8 Å². The normalized spacial score (nSPS) is 11.2. The van der Waals surface area contributed by atoms with Crippen LogP contribution >= 0.6 is 11.8 Å². The summed E-state index contributed by atoms with van der Waals surface area (Å²) in [6, 6.07) is 3.18. The molecule has 92 valence electrons. The van der Waals surface area contributed by atoms with Gasteiger partial charge in [0.1, 0.15) is 12.1 Å². The van der Waals surface area contributed by atoms with Crippen LogP contribution in [0.15, 0.2) is 32.9 Å². The Morgan fingerprint density at radius 3 is 3.17 bits per heavy atom. The molecule has 8 heteroatoms. The first-order valence-corrected chi connectivity index (χ1v) is 6.19. The molecule has 0 fully saturated rings. The van der Waals surface area contributed by atoms with Gasteiger partial charge in [0.2, 0.25) is 0 Å². The predicted molar refractivity (Wildman–Crippen MR) is 64.4 cm³/mol. The molecule has 1 N–H and O–H groups in total. The van der Waals surface area contributed by atoms with Crippen molar-refractivity contribution in [3.63, 3.8) is 0 Å². The van der Waals surface area contributed by atoms with Crippen LogP contribution in [0.1, 0.15) is 11.5 Å². The Morgan fingerprint density at radius 2 is 2.39 bits per heavy atom. The van der Waals surface area contributed by atoms with E-state index in [4.69, 9.17) is 4.52 Å². The number of hydrogen-bond donors (Lipinski definition) is 1. The summed E-state index contributed by atoms with van der Waals surface area (Å²) < 4.78 is 6.39. The molecule has 0 atom stereocenters. The zero-order chi connectivity index (χ0) is 12.5. The van der Waals surface area contributed by atoms with Gasteiger partial charge in [-0.25, -0.2) is 9.97 Å². The maximum atomic E-state index is 11.8. The lowest BCUT2D eigenvalue weighted by Crippen LogP contribution is -2.12. The Kier molecular flexibility index (Phi) is 2.63. The summed E-state index contributed by atoms with van der Waals surface area (Å²) in [6.07, 6.45) is 1.44. The molecule has 0 aliphatic carbocycles. The van der Waals surface area contributed by atoms with Crippen molar-refractivity contribution in [1.29, 1.82) is 0 Å². The molecular weight excluding hydrogens is 254 g/mol. The fraction of sp³-hybridized carbons (Fsp3) is 0.200. The molecule has 18 heavy (non-hydrogen) atoms. The molecule has 7 nitrogen and oxygen atoms in total. The Hall–Kier alpha value is -2.09. The second kappa shape index (κ2) is 4.30. The number of hydrogen-bond acceptors (Lipinski definition) is 6. The fourth-order valence-electron chi connectivity index (χ4n) is 1.55. The van der Waals surface area contributed by atoms with Crippen LogP contribution in [-0.2, 0) is 5.75 Å². The first-order chi connectivity index (χ1) is 8.72. The summed E-state index contributed by atoms with van der Waals surface area (Å²) in [4.78, 5) is 20.1. The van der Waals surface area contributed by atoms with E-state index in [0.29, 0.717) is 28.0 Å². The standard InChI is InChI=1S/C10H9N5O2S/c1-6-2-8-13-7(3-9(16)15(8)17-6)4-18-10-11-5-12-14-10/h2-3,5H,4H2,1H3,(H,11,12,14). The van der Waals surface area contributed by atoms with E-state index in [1.165, 1.54) is 28.7 Å². The van der Waals surface area contributed by atoms with Crippen LogP contribution in [0.2, 0.25) is 0 Å². The highest BCUT2D eigenvalue weighted by Gasteiger charge is 2.07. The van der Waals surface area contributed by atoms with Gasteiger partial charge in [-0.1, -0.05) is 11.8 Å². The number of aromatic nitrogens is 5. The maximum absolute atomic E-state index is 11.8. The number of H-pyrrole nitrogens is 1. The number of nitrogens with zero attached hydrogens (tertiary/aromatic N) is 4. The van der Waals surface area contributed by atoms with E-state index in [1.54, 1.807) is 13.0 Å². The Labute approximate surface area is 105 Å².